The van der Waals surface area contributed by atoms with Crippen molar-refractivity contribution < 1.29 is 9.53 Å². The van der Waals surface area contributed by atoms with Gasteiger partial charge in [0, 0.05) is 18.1 Å². The average Bonchev–Trinajstić information content (AvgIpc) is 3.19. The van der Waals surface area contributed by atoms with E-state index in [0.717, 1.165) is 23.2 Å². The second-order valence-electron chi connectivity index (χ2n) is 5.31. The molecular formula is C16H20N2O2. The van der Waals surface area contributed by atoms with Crippen LogP contribution >= 0.6 is 0 Å². The first-order valence-electron chi connectivity index (χ1n) is 7.25. The molecule has 3 rings (SSSR count). The highest BCUT2D eigenvalue weighted by molar-refractivity contribution is 5.88. The molecule has 4 nitrogen and oxygen atoms in total. The molecule has 1 aliphatic carbocycles. The molecule has 0 radical (unpaired) electrons. The van der Waals surface area contributed by atoms with Crippen LogP contribution in [0.25, 0.3) is 10.9 Å². The van der Waals surface area contributed by atoms with Gasteiger partial charge in [-0.2, -0.15) is 0 Å². The third kappa shape index (κ3) is 2.79. The molecule has 0 atom stereocenters. The summed E-state index contributed by atoms with van der Waals surface area (Å²) in [5, 5.41) is 4.06. The minimum absolute atomic E-state index is 0.0798. The Morgan fingerprint density at radius 1 is 1.40 bits per heavy atom. The van der Waals surface area contributed by atoms with Crippen molar-refractivity contribution in [2.45, 2.75) is 26.3 Å². The molecule has 0 spiro atoms. The van der Waals surface area contributed by atoms with Crippen LogP contribution in [0.1, 0.15) is 19.8 Å². The smallest absolute Gasteiger partial charge is 0.239 e. The lowest BCUT2D eigenvalue weighted by Gasteiger charge is -2.08. The third-order valence-corrected chi connectivity index (χ3v) is 3.67. The Balaban J connectivity index is 1.74. The zero-order chi connectivity index (χ0) is 13.9. The zero-order valence-electron chi connectivity index (χ0n) is 11.8. The summed E-state index contributed by atoms with van der Waals surface area (Å²) in [4.78, 5) is 11.9. The van der Waals surface area contributed by atoms with E-state index in [9.17, 15) is 4.79 Å². The van der Waals surface area contributed by atoms with E-state index in [1.807, 2.05) is 42.0 Å². The van der Waals surface area contributed by atoms with Crippen LogP contribution < -0.4 is 10.1 Å². The number of hydrogen-bond donors (Lipinski definition) is 1. The Morgan fingerprint density at radius 3 is 3.00 bits per heavy atom. The standard InChI is InChI=1S/C16H20N2O2/c1-2-20-15-5-3-4-14-13(15)8-9-18(14)11-16(19)17-10-12-6-7-12/h3-5,8-9,12H,2,6-7,10-11H2,1H3,(H,17,19). The predicted molar refractivity (Wildman–Crippen MR) is 78.8 cm³/mol. The first-order chi connectivity index (χ1) is 9.78. The van der Waals surface area contributed by atoms with Crippen molar-refractivity contribution >= 4 is 16.8 Å². The van der Waals surface area contributed by atoms with Gasteiger partial charge >= 0.3 is 0 Å². The summed E-state index contributed by atoms with van der Waals surface area (Å²) in [5.74, 6) is 1.67. The Bertz CT molecular complexity index is 614. The predicted octanol–water partition coefficient (Wildman–Crippen LogP) is 2.57. The highest BCUT2D eigenvalue weighted by atomic mass is 16.5. The number of amides is 1. The quantitative estimate of drug-likeness (QED) is 0.878. The molecule has 2 aromatic rings. The number of rotatable bonds is 6. The Morgan fingerprint density at radius 2 is 2.25 bits per heavy atom. The molecule has 20 heavy (non-hydrogen) atoms. The van der Waals surface area contributed by atoms with Gasteiger partial charge in [-0.05, 0) is 43.9 Å². The van der Waals surface area contributed by atoms with Gasteiger partial charge in [0.05, 0.1) is 12.1 Å². The SMILES string of the molecule is CCOc1cccc2c1ccn2CC(=O)NCC1CC1. The molecule has 0 aliphatic heterocycles. The van der Waals surface area contributed by atoms with Gasteiger partial charge in [-0.25, -0.2) is 0 Å². The maximum absolute atomic E-state index is 11.9. The van der Waals surface area contributed by atoms with Crippen molar-refractivity contribution in [1.29, 1.82) is 0 Å². The molecule has 1 saturated carbocycles. The van der Waals surface area contributed by atoms with Crippen LogP contribution in [0, 0.1) is 5.92 Å². The number of ether oxygens (including phenoxy) is 1. The molecule has 4 heteroatoms. The number of nitrogens with zero attached hydrogens (tertiary/aromatic N) is 1. The van der Waals surface area contributed by atoms with Crippen molar-refractivity contribution in [2.75, 3.05) is 13.2 Å². The fourth-order valence-electron chi connectivity index (χ4n) is 2.41. The van der Waals surface area contributed by atoms with Crippen molar-refractivity contribution in [2.24, 2.45) is 5.92 Å². The molecule has 1 heterocycles. The van der Waals surface area contributed by atoms with Crippen LogP contribution in [0.5, 0.6) is 5.75 Å². The molecule has 0 unspecified atom stereocenters. The number of carbonyl (C=O) groups excluding carboxylic acids is 1. The molecule has 0 bridgehead atoms. The fourth-order valence-corrected chi connectivity index (χ4v) is 2.41. The fraction of sp³-hybridized carbons (Fsp3) is 0.438. The van der Waals surface area contributed by atoms with E-state index >= 15 is 0 Å². The third-order valence-electron chi connectivity index (χ3n) is 3.67. The van der Waals surface area contributed by atoms with E-state index in [1.165, 1.54) is 12.8 Å². The lowest BCUT2D eigenvalue weighted by Crippen LogP contribution is -2.29. The minimum Gasteiger partial charge on any atom is -0.493 e. The van der Waals surface area contributed by atoms with Crippen LogP contribution in [-0.2, 0) is 11.3 Å². The summed E-state index contributed by atoms with van der Waals surface area (Å²) in [6, 6.07) is 7.95. The zero-order valence-corrected chi connectivity index (χ0v) is 11.8. The lowest BCUT2D eigenvalue weighted by atomic mass is 10.2. The molecule has 1 amide bonds. The van der Waals surface area contributed by atoms with Crippen molar-refractivity contribution in [3.63, 3.8) is 0 Å². The van der Waals surface area contributed by atoms with Gasteiger partial charge in [-0.15, -0.1) is 0 Å². The highest BCUT2D eigenvalue weighted by Crippen LogP contribution is 2.28. The Labute approximate surface area is 118 Å². The van der Waals surface area contributed by atoms with Gasteiger partial charge in [-0.3, -0.25) is 4.79 Å². The molecule has 1 aliphatic rings. The summed E-state index contributed by atoms with van der Waals surface area (Å²) in [7, 11) is 0. The topological polar surface area (TPSA) is 43.3 Å². The van der Waals surface area contributed by atoms with Gasteiger partial charge in [0.1, 0.15) is 12.3 Å². The molecule has 1 aromatic carbocycles. The largest absolute Gasteiger partial charge is 0.493 e. The summed E-state index contributed by atoms with van der Waals surface area (Å²) in [6.45, 7) is 3.81. The average molecular weight is 272 g/mol. The van der Waals surface area contributed by atoms with Crippen LogP contribution in [-0.4, -0.2) is 23.6 Å². The highest BCUT2D eigenvalue weighted by Gasteiger charge is 2.21. The van der Waals surface area contributed by atoms with Crippen molar-refractivity contribution in [1.82, 2.24) is 9.88 Å². The first kappa shape index (κ1) is 13.0. The molecule has 1 fully saturated rings. The second-order valence-corrected chi connectivity index (χ2v) is 5.31. The number of fused-ring (bicyclic) bond motifs is 1. The van der Waals surface area contributed by atoms with E-state index in [-0.39, 0.29) is 5.91 Å². The maximum Gasteiger partial charge on any atom is 0.239 e. The van der Waals surface area contributed by atoms with Gasteiger partial charge in [0.25, 0.3) is 0 Å². The van der Waals surface area contributed by atoms with Gasteiger partial charge < -0.3 is 14.6 Å². The molecular weight excluding hydrogens is 252 g/mol. The van der Waals surface area contributed by atoms with E-state index < -0.39 is 0 Å². The van der Waals surface area contributed by atoms with Gasteiger partial charge in [0.2, 0.25) is 5.91 Å². The Hall–Kier alpha value is -1.97. The van der Waals surface area contributed by atoms with Crippen LogP contribution in [0.15, 0.2) is 30.5 Å². The summed E-state index contributed by atoms with van der Waals surface area (Å²) in [6.07, 6.45) is 4.46. The summed E-state index contributed by atoms with van der Waals surface area (Å²) >= 11 is 0. The molecule has 1 aromatic heterocycles. The normalized spacial score (nSPS) is 14.4. The second kappa shape index (κ2) is 5.57. The summed E-state index contributed by atoms with van der Waals surface area (Å²) < 4.78 is 7.58. The number of aromatic nitrogens is 1. The number of hydrogen-bond acceptors (Lipinski definition) is 2. The van der Waals surface area contributed by atoms with E-state index in [4.69, 9.17) is 4.74 Å². The van der Waals surface area contributed by atoms with Crippen molar-refractivity contribution in [3.05, 3.63) is 30.5 Å². The monoisotopic (exact) mass is 272 g/mol. The molecule has 106 valence electrons. The van der Waals surface area contributed by atoms with Gasteiger partial charge in [0.15, 0.2) is 0 Å². The van der Waals surface area contributed by atoms with Crippen molar-refractivity contribution in [3.8, 4) is 5.75 Å². The van der Waals surface area contributed by atoms with Crippen LogP contribution in [0.4, 0.5) is 0 Å². The van der Waals surface area contributed by atoms with Crippen LogP contribution in [0.3, 0.4) is 0 Å². The minimum atomic E-state index is 0.0798. The molecule has 1 N–H and O–H groups in total. The van der Waals surface area contributed by atoms with E-state index in [2.05, 4.69) is 5.32 Å². The first-order valence-corrected chi connectivity index (χ1v) is 7.25. The molecule has 0 saturated heterocycles. The van der Waals surface area contributed by atoms with E-state index in [1.54, 1.807) is 0 Å². The number of carbonyl (C=O) groups is 1. The van der Waals surface area contributed by atoms with Crippen LogP contribution in [0.2, 0.25) is 0 Å². The summed E-state index contributed by atoms with van der Waals surface area (Å²) in [5.41, 5.74) is 1.04. The maximum atomic E-state index is 11.9. The number of nitrogens with one attached hydrogen (secondary N) is 1. The van der Waals surface area contributed by atoms with E-state index in [0.29, 0.717) is 19.1 Å². The Kier molecular flexibility index (Phi) is 3.63. The number of benzene rings is 1. The van der Waals surface area contributed by atoms with Gasteiger partial charge in [-0.1, -0.05) is 6.07 Å². The lowest BCUT2D eigenvalue weighted by molar-refractivity contribution is -0.121.